The van der Waals surface area contributed by atoms with E-state index in [0.717, 1.165) is 6.92 Å². The first-order chi connectivity index (χ1) is 3.55. The smallest absolute Gasteiger partial charge is 0.549 e. The van der Waals surface area contributed by atoms with Gasteiger partial charge < -0.3 is 19.8 Å². The minimum absolute atomic E-state index is 0. The number of rotatable bonds is 2. The van der Waals surface area contributed by atoms with Crippen LogP contribution in [0.25, 0.3) is 0 Å². The average Bonchev–Trinajstić information content (AvgIpc) is 1.64. The van der Waals surface area contributed by atoms with E-state index >= 15 is 0 Å². The minimum Gasteiger partial charge on any atom is -0.549 e. The molecule has 0 atom stereocenters. The summed E-state index contributed by atoms with van der Waals surface area (Å²) in [6.45, 7) is 0.991. The van der Waals surface area contributed by atoms with Crippen LogP contribution in [-0.4, -0.2) is 11.9 Å². The normalized spacial score (nSPS) is 7.40. The second-order valence-electron chi connectivity index (χ2n) is 1.36. The molecule has 0 aliphatic carbocycles. The SMILES string of the molecule is CC(C(=O)[O-])C(=O)[O-].[Ag+].[Ag+]. The molecular weight excluding hydrogens is 328 g/mol. The van der Waals surface area contributed by atoms with Crippen LogP contribution in [-0.2, 0) is 54.3 Å². The summed E-state index contributed by atoms with van der Waals surface area (Å²) in [7, 11) is 0. The fraction of sp³-hybridized carbons (Fsp3) is 0.500. The fourth-order valence-corrected chi connectivity index (χ4v) is 0.0962. The Balaban J connectivity index is -0.000000245. The summed E-state index contributed by atoms with van der Waals surface area (Å²) in [4.78, 5) is 19.2. The van der Waals surface area contributed by atoms with Crippen LogP contribution in [0.2, 0.25) is 0 Å². The van der Waals surface area contributed by atoms with E-state index in [2.05, 4.69) is 0 Å². The maximum atomic E-state index is 9.61. The van der Waals surface area contributed by atoms with Crippen molar-refractivity contribution in [3.8, 4) is 0 Å². The van der Waals surface area contributed by atoms with Gasteiger partial charge in [0.15, 0.2) is 0 Å². The third kappa shape index (κ3) is 6.54. The summed E-state index contributed by atoms with van der Waals surface area (Å²) in [6.07, 6.45) is 0. The van der Waals surface area contributed by atoms with Crippen molar-refractivity contribution in [3.63, 3.8) is 0 Å². The van der Waals surface area contributed by atoms with Crippen molar-refractivity contribution in [2.24, 2.45) is 5.92 Å². The van der Waals surface area contributed by atoms with E-state index in [0.29, 0.717) is 0 Å². The maximum Gasteiger partial charge on any atom is 1.00 e. The summed E-state index contributed by atoms with van der Waals surface area (Å²) in [5, 5.41) is 19.2. The molecule has 0 unspecified atom stereocenters. The molecule has 0 fully saturated rings. The van der Waals surface area contributed by atoms with Gasteiger partial charge in [-0.25, -0.2) is 0 Å². The second kappa shape index (κ2) is 7.53. The Morgan fingerprint density at radius 2 is 1.30 bits per heavy atom. The number of carboxylic acid groups (broad SMARTS) is 2. The standard InChI is InChI=1S/C4H6O4.2Ag/c1-2(3(5)6)4(7)8;;/h2H,1H3,(H,5,6)(H,7,8);;/q;2*+1/p-2. The molecule has 0 spiro atoms. The van der Waals surface area contributed by atoms with E-state index in [1.807, 2.05) is 0 Å². The van der Waals surface area contributed by atoms with Crippen LogP contribution in [0.3, 0.4) is 0 Å². The van der Waals surface area contributed by atoms with Crippen LogP contribution < -0.4 is 10.2 Å². The number of carboxylic acids is 2. The third-order valence-corrected chi connectivity index (χ3v) is 0.707. The predicted octanol–water partition coefficient (Wildman–Crippen LogP) is -2.88. The van der Waals surface area contributed by atoms with Gasteiger partial charge >= 0.3 is 44.8 Å². The molecule has 0 aromatic carbocycles. The monoisotopic (exact) mass is 330 g/mol. The van der Waals surface area contributed by atoms with Gasteiger partial charge in [0, 0.05) is 17.9 Å². The number of aliphatic carboxylic acids is 2. The Kier molecular flexibility index (Phi) is 12.6. The van der Waals surface area contributed by atoms with Gasteiger partial charge in [0.1, 0.15) is 0 Å². The second-order valence-corrected chi connectivity index (χ2v) is 1.36. The molecule has 4 nitrogen and oxygen atoms in total. The van der Waals surface area contributed by atoms with Gasteiger partial charge in [0.05, 0.1) is 0 Å². The largest absolute Gasteiger partial charge is 1.00 e. The van der Waals surface area contributed by atoms with Crippen LogP contribution in [0, 0.1) is 5.92 Å². The minimum atomic E-state index is -1.62. The zero-order chi connectivity index (χ0) is 6.73. The maximum absolute atomic E-state index is 9.61. The molecule has 66 valence electrons. The summed E-state index contributed by atoms with van der Waals surface area (Å²) in [5.41, 5.74) is 0. The van der Waals surface area contributed by atoms with Crippen molar-refractivity contribution < 1.29 is 64.6 Å². The molecule has 0 N–H and O–H groups in total. The van der Waals surface area contributed by atoms with Crippen LogP contribution in [0.4, 0.5) is 0 Å². The molecular formula is C4H4Ag2O4. The van der Waals surface area contributed by atoms with Gasteiger partial charge in [0.25, 0.3) is 0 Å². The zero-order valence-electron chi connectivity index (χ0n) is 4.81. The van der Waals surface area contributed by atoms with Crippen LogP contribution in [0.15, 0.2) is 0 Å². The molecule has 0 aromatic rings. The molecule has 0 aliphatic heterocycles. The molecule has 0 rings (SSSR count). The van der Waals surface area contributed by atoms with E-state index in [1.54, 1.807) is 0 Å². The Hall–Kier alpha value is 0.421. The van der Waals surface area contributed by atoms with Gasteiger partial charge in [0.2, 0.25) is 0 Å². The van der Waals surface area contributed by atoms with E-state index in [9.17, 15) is 19.8 Å². The van der Waals surface area contributed by atoms with Gasteiger partial charge in [-0.1, -0.05) is 6.92 Å². The number of hydrogen-bond donors (Lipinski definition) is 0. The first-order valence-electron chi connectivity index (χ1n) is 1.97. The van der Waals surface area contributed by atoms with E-state index in [-0.39, 0.29) is 44.8 Å². The molecule has 0 bridgehead atoms. The van der Waals surface area contributed by atoms with Crippen molar-refractivity contribution in [1.29, 1.82) is 0 Å². The summed E-state index contributed by atoms with van der Waals surface area (Å²) >= 11 is 0. The Morgan fingerprint density at radius 3 is 1.30 bits per heavy atom. The van der Waals surface area contributed by atoms with Crippen molar-refractivity contribution >= 4 is 11.9 Å². The van der Waals surface area contributed by atoms with E-state index < -0.39 is 17.9 Å². The van der Waals surface area contributed by atoms with Crippen LogP contribution >= 0.6 is 0 Å². The zero-order valence-corrected chi connectivity index (χ0v) is 7.78. The third-order valence-electron chi connectivity index (χ3n) is 0.707. The molecule has 0 aliphatic rings. The number of hydrogen-bond acceptors (Lipinski definition) is 4. The molecule has 0 radical (unpaired) electrons. The van der Waals surface area contributed by atoms with Crippen molar-refractivity contribution in [2.75, 3.05) is 0 Å². The number of carbonyl (C=O) groups is 2. The molecule has 0 saturated heterocycles. The number of carbonyl (C=O) groups excluding carboxylic acids is 2. The average molecular weight is 332 g/mol. The topological polar surface area (TPSA) is 80.3 Å². The molecule has 0 amide bonds. The predicted molar refractivity (Wildman–Crippen MR) is 19.2 cm³/mol. The van der Waals surface area contributed by atoms with Crippen molar-refractivity contribution in [1.82, 2.24) is 0 Å². The Morgan fingerprint density at radius 1 is 1.10 bits per heavy atom. The molecule has 10 heavy (non-hydrogen) atoms. The van der Waals surface area contributed by atoms with Gasteiger partial charge in [-0.15, -0.1) is 0 Å². The van der Waals surface area contributed by atoms with Gasteiger partial charge in [-0.2, -0.15) is 0 Å². The quantitative estimate of drug-likeness (QED) is 0.402. The molecule has 6 heteroatoms. The first kappa shape index (κ1) is 16.8. The van der Waals surface area contributed by atoms with Gasteiger partial charge in [-0.05, 0) is 0 Å². The van der Waals surface area contributed by atoms with Crippen LogP contribution in [0.5, 0.6) is 0 Å². The first-order valence-corrected chi connectivity index (χ1v) is 1.97. The summed E-state index contributed by atoms with van der Waals surface area (Å²) < 4.78 is 0. The molecule has 0 aromatic heterocycles. The van der Waals surface area contributed by atoms with Crippen molar-refractivity contribution in [2.45, 2.75) is 6.92 Å². The summed E-state index contributed by atoms with van der Waals surface area (Å²) in [6, 6.07) is 0. The Bertz CT molecular complexity index is 110. The molecule has 0 saturated carbocycles. The van der Waals surface area contributed by atoms with E-state index in [4.69, 9.17) is 0 Å². The fourth-order valence-electron chi connectivity index (χ4n) is 0.0962. The summed E-state index contributed by atoms with van der Waals surface area (Å²) in [5.74, 6) is -4.76. The molecule has 0 heterocycles. The van der Waals surface area contributed by atoms with E-state index in [1.165, 1.54) is 0 Å². The van der Waals surface area contributed by atoms with Crippen molar-refractivity contribution in [3.05, 3.63) is 0 Å². The van der Waals surface area contributed by atoms with Gasteiger partial charge in [-0.3, -0.25) is 0 Å². The Labute approximate surface area is 89.0 Å². The van der Waals surface area contributed by atoms with Crippen LogP contribution in [0.1, 0.15) is 6.92 Å².